The van der Waals surface area contributed by atoms with Crippen molar-refractivity contribution in [3.8, 4) is 0 Å². The van der Waals surface area contributed by atoms with E-state index < -0.39 is 106 Å². The smallest absolute Gasteiger partial charge is 0.303 e. The van der Waals surface area contributed by atoms with Crippen molar-refractivity contribution in [2.75, 3.05) is 0 Å². The lowest BCUT2D eigenvalue weighted by Crippen LogP contribution is -2.80. The van der Waals surface area contributed by atoms with Gasteiger partial charge in [-0.05, 0) is 37.3 Å². The molecule has 1 aromatic carbocycles. The predicted molar refractivity (Wildman–Crippen MR) is 174 cm³/mol. The van der Waals surface area contributed by atoms with Crippen LogP contribution in [0.2, 0.25) is 0 Å². The van der Waals surface area contributed by atoms with Crippen LogP contribution in [-0.2, 0) is 63.7 Å². The topological polar surface area (TPSA) is 170 Å². The van der Waals surface area contributed by atoms with E-state index in [9.17, 15) is 29.1 Å². The van der Waals surface area contributed by atoms with Crippen molar-refractivity contribution in [2.45, 2.75) is 128 Å². The van der Waals surface area contributed by atoms with E-state index in [1.54, 1.807) is 20.8 Å². The molecule has 13 atom stereocenters. The second kappa shape index (κ2) is 13.1. The van der Waals surface area contributed by atoms with Gasteiger partial charge in [0.05, 0.1) is 18.1 Å². The molecule has 3 aliphatic carbocycles. The summed E-state index contributed by atoms with van der Waals surface area (Å²) in [7, 11) is 0. The Labute approximate surface area is 291 Å². The van der Waals surface area contributed by atoms with Gasteiger partial charge in [0.2, 0.25) is 0 Å². The third-order valence-corrected chi connectivity index (χ3v) is 11.2. The first-order chi connectivity index (χ1) is 23.3. The average molecular weight is 701 g/mol. The molecule has 1 unspecified atom stereocenters. The first kappa shape index (κ1) is 37.4. The lowest BCUT2D eigenvalue weighted by Gasteiger charge is -2.62. The van der Waals surface area contributed by atoms with Gasteiger partial charge < -0.3 is 38.3 Å². The first-order valence-corrected chi connectivity index (χ1v) is 16.9. The van der Waals surface area contributed by atoms with Crippen LogP contribution in [0.15, 0.2) is 42.5 Å². The van der Waals surface area contributed by atoms with E-state index in [2.05, 4.69) is 6.58 Å². The van der Waals surface area contributed by atoms with Gasteiger partial charge in [0.1, 0.15) is 30.0 Å². The normalized spacial score (nSPS) is 41.2. The number of benzene rings is 1. The van der Waals surface area contributed by atoms with Gasteiger partial charge in [-0.2, -0.15) is 0 Å². The summed E-state index contributed by atoms with van der Waals surface area (Å²) in [6, 6.07) is 9.15. The SMILES string of the molecule is C=C(C)[C@@]1(OCc2ccccc2)[C@H](OC(C)=O)[C@@H]2[C@H](OC(C)=O)[C@@]3(C)O[C@@]4(C(C[C@H](C)[C@@H]4OC(C)=O)[C@@]2(O)[C@H](C)[C@@H]1OC(C)=O)[C@@H]3OC(C)=O. The number of carbonyl (C=O) groups is 5. The minimum Gasteiger partial charge on any atom is -0.459 e. The molecule has 5 aliphatic rings. The number of hydrogen-bond acceptors (Lipinski definition) is 13. The Morgan fingerprint density at radius 1 is 0.780 bits per heavy atom. The highest BCUT2D eigenvalue weighted by molar-refractivity contribution is 5.70. The maximum atomic E-state index is 13.7. The minimum atomic E-state index is -2.08. The van der Waals surface area contributed by atoms with Gasteiger partial charge in [-0.15, -0.1) is 0 Å². The van der Waals surface area contributed by atoms with Gasteiger partial charge in [0.25, 0.3) is 0 Å². The summed E-state index contributed by atoms with van der Waals surface area (Å²) in [5, 5.41) is 13.7. The molecular formula is C37H48O13. The highest BCUT2D eigenvalue weighted by Gasteiger charge is 2.88. The molecule has 2 heterocycles. The highest BCUT2D eigenvalue weighted by atomic mass is 16.7. The van der Waals surface area contributed by atoms with Crippen LogP contribution < -0.4 is 0 Å². The lowest BCUT2D eigenvalue weighted by molar-refractivity contribution is -0.391. The second-order valence-electron chi connectivity index (χ2n) is 14.6. The molecule has 1 spiro atoms. The van der Waals surface area contributed by atoms with Crippen molar-refractivity contribution < 1.29 is 62.2 Å². The molecule has 5 fully saturated rings. The van der Waals surface area contributed by atoms with Crippen LogP contribution in [0.25, 0.3) is 0 Å². The number of carbonyl (C=O) groups excluding carboxylic acids is 5. The molecule has 0 amide bonds. The van der Waals surface area contributed by atoms with Gasteiger partial charge in [0, 0.05) is 46.5 Å². The van der Waals surface area contributed by atoms with Crippen LogP contribution >= 0.6 is 0 Å². The number of aliphatic hydroxyl groups is 1. The fraction of sp³-hybridized carbons (Fsp3) is 0.649. The van der Waals surface area contributed by atoms with Gasteiger partial charge in [-0.3, -0.25) is 24.0 Å². The number of rotatable bonds is 9. The Balaban J connectivity index is 1.86. The largest absolute Gasteiger partial charge is 0.459 e. The zero-order valence-corrected chi connectivity index (χ0v) is 30.1. The monoisotopic (exact) mass is 700 g/mol. The summed E-state index contributed by atoms with van der Waals surface area (Å²) in [5.41, 5.74) is -6.17. The maximum Gasteiger partial charge on any atom is 0.303 e. The van der Waals surface area contributed by atoms with Crippen LogP contribution in [0.5, 0.6) is 0 Å². The van der Waals surface area contributed by atoms with Crippen LogP contribution in [-0.4, -0.2) is 87.9 Å². The zero-order valence-electron chi connectivity index (χ0n) is 30.1. The fourth-order valence-corrected chi connectivity index (χ4v) is 9.70. The Hall–Kier alpha value is -3.81. The van der Waals surface area contributed by atoms with Crippen molar-refractivity contribution in [3.63, 3.8) is 0 Å². The van der Waals surface area contributed by atoms with Crippen molar-refractivity contribution in [3.05, 3.63) is 48.0 Å². The Bertz CT molecular complexity index is 1560. The van der Waals surface area contributed by atoms with E-state index in [-0.39, 0.29) is 13.0 Å². The lowest BCUT2D eigenvalue weighted by atomic mass is 9.52. The van der Waals surface area contributed by atoms with E-state index >= 15 is 0 Å². The van der Waals surface area contributed by atoms with E-state index in [0.717, 1.165) is 5.56 Å². The van der Waals surface area contributed by atoms with Crippen LogP contribution in [0.1, 0.15) is 74.3 Å². The molecule has 13 nitrogen and oxygen atoms in total. The summed E-state index contributed by atoms with van der Waals surface area (Å²) in [6.07, 6.45) is -6.37. The van der Waals surface area contributed by atoms with Gasteiger partial charge >= 0.3 is 29.8 Å². The molecule has 0 radical (unpaired) electrons. The summed E-state index contributed by atoms with van der Waals surface area (Å²) in [4.78, 5) is 64.5. The van der Waals surface area contributed by atoms with Gasteiger partial charge in [-0.1, -0.05) is 50.8 Å². The first-order valence-electron chi connectivity index (χ1n) is 16.9. The number of ether oxygens (including phenoxy) is 7. The van der Waals surface area contributed by atoms with Gasteiger partial charge in [0.15, 0.2) is 17.3 Å². The molecule has 2 bridgehead atoms. The molecule has 6 rings (SSSR count). The van der Waals surface area contributed by atoms with E-state index in [0.29, 0.717) is 5.57 Å². The molecule has 0 aromatic heterocycles. The van der Waals surface area contributed by atoms with E-state index in [1.165, 1.54) is 34.6 Å². The van der Waals surface area contributed by atoms with E-state index in [1.807, 2.05) is 37.3 Å². The summed E-state index contributed by atoms with van der Waals surface area (Å²) >= 11 is 0. The minimum absolute atomic E-state index is 0.0535. The maximum absolute atomic E-state index is 13.7. The molecule has 1 N–H and O–H groups in total. The van der Waals surface area contributed by atoms with Crippen LogP contribution in [0, 0.1) is 23.7 Å². The standard InChI is InChI=1S/C37H48O13/c1-18(2)36(44-17-26-14-12-11-13-15-26)30(46-22(6)39)20(4)35(43)27-16-19(3)29(45-21(5)38)37(27)33(49-25(9)42)34(10,50-37)31(47-23(7)40)28(35)32(36)48-24(8)41/h11-15,19-20,27-33,43H,1,16-17H2,2-10H3/t19-,20+,27?,28-,29-,30-,31-,32+,33+,34+,35-,36-,37+/m0/s1. The van der Waals surface area contributed by atoms with Crippen molar-refractivity contribution in [2.24, 2.45) is 23.7 Å². The van der Waals surface area contributed by atoms with Crippen molar-refractivity contribution >= 4 is 29.8 Å². The Kier molecular flexibility index (Phi) is 9.78. The fourth-order valence-electron chi connectivity index (χ4n) is 9.70. The number of esters is 5. The summed E-state index contributed by atoms with van der Waals surface area (Å²) in [5.74, 6) is -7.42. The highest BCUT2D eigenvalue weighted by Crippen LogP contribution is 2.71. The molecule has 2 aliphatic heterocycles. The second-order valence-corrected chi connectivity index (χ2v) is 14.6. The quantitative estimate of drug-likeness (QED) is 0.226. The molecule has 274 valence electrons. The molecule has 13 heteroatoms. The molecular weight excluding hydrogens is 652 g/mol. The predicted octanol–water partition coefficient (Wildman–Crippen LogP) is 3.37. The van der Waals surface area contributed by atoms with Crippen molar-refractivity contribution in [1.29, 1.82) is 0 Å². The molecule has 3 saturated carbocycles. The Morgan fingerprint density at radius 3 is 1.80 bits per heavy atom. The number of hydrogen-bond donors (Lipinski definition) is 1. The summed E-state index contributed by atoms with van der Waals surface area (Å²) < 4.78 is 43.9. The van der Waals surface area contributed by atoms with Crippen molar-refractivity contribution in [1.82, 2.24) is 0 Å². The van der Waals surface area contributed by atoms with Crippen LogP contribution in [0.3, 0.4) is 0 Å². The third kappa shape index (κ3) is 5.52. The summed E-state index contributed by atoms with van der Waals surface area (Å²) in [6.45, 7) is 16.9. The third-order valence-electron chi connectivity index (χ3n) is 11.2. The molecule has 50 heavy (non-hydrogen) atoms. The van der Waals surface area contributed by atoms with Crippen LogP contribution in [0.4, 0.5) is 0 Å². The van der Waals surface area contributed by atoms with E-state index in [4.69, 9.17) is 33.2 Å². The molecule has 1 aromatic rings. The molecule has 2 saturated heterocycles. The van der Waals surface area contributed by atoms with Gasteiger partial charge in [-0.25, -0.2) is 0 Å². The Morgan fingerprint density at radius 2 is 1.28 bits per heavy atom. The zero-order chi connectivity index (χ0) is 37.1. The average Bonchev–Trinajstić information content (AvgIpc) is 3.24.